The minimum Gasteiger partial charge on any atom is -0.469 e. The van der Waals surface area contributed by atoms with E-state index in [0.717, 1.165) is 25.7 Å². The average molecular weight is 196 g/mol. The average Bonchev–Trinajstić information content (AvgIpc) is 2.15. The molecule has 0 unspecified atom stereocenters. The Morgan fingerprint density at radius 2 is 1.93 bits per heavy atom. The Bertz CT molecular complexity index is 252. The molecule has 2 rings (SSSR count). The molecule has 2 saturated carbocycles. The van der Waals surface area contributed by atoms with E-state index in [1.807, 2.05) is 0 Å². The van der Waals surface area contributed by atoms with Crippen molar-refractivity contribution in [2.45, 2.75) is 38.5 Å². The van der Waals surface area contributed by atoms with Crippen molar-refractivity contribution in [2.75, 3.05) is 7.11 Å². The molecule has 3 nitrogen and oxygen atoms in total. The Hall–Kier alpha value is -0.860. The fraction of sp³-hybridized carbons (Fsp3) is 0.818. The Morgan fingerprint density at radius 3 is 2.43 bits per heavy atom. The van der Waals surface area contributed by atoms with Crippen LogP contribution in [0.2, 0.25) is 0 Å². The lowest BCUT2D eigenvalue weighted by atomic mass is 9.56. The van der Waals surface area contributed by atoms with Gasteiger partial charge in [0.1, 0.15) is 5.78 Å². The van der Waals surface area contributed by atoms with Gasteiger partial charge in [-0.1, -0.05) is 0 Å². The van der Waals surface area contributed by atoms with Crippen LogP contribution >= 0.6 is 0 Å². The van der Waals surface area contributed by atoms with Crippen LogP contribution in [-0.2, 0) is 14.3 Å². The van der Waals surface area contributed by atoms with Gasteiger partial charge in [-0.25, -0.2) is 0 Å². The molecule has 0 radical (unpaired) electrons. The number of esters is 1. The van der Waals surface area contributed by atoms with Crippen molar-refractivity contribution in [3.05, 3.63) is 0 Å². The predicted octanol–water partition coefficient (Wildman–Crippen LogP) is 1.70. The summed E-state index contributed by atoms with van der Waals surface area (Å²) in [6.45, 7) is 0. The molecule has 2 fully saturated rings. The number of methoxy groups -OCH3 is 1. The normalized spacial score (nSPS) is 25.9. The van der Waals surface area contributed by atoms with Crippen LogP contribution in [-0.4, -0.2) is 18.9 Å². The van der Waals surface area contributed by atoms with Gasteiger partial charge in [-0.2, -0.15) is 0 Å². The van der Waals surface area contributed by atoms with Crippen LogP contribution in [0.25, 0.3) is 0 Å². The lowest BCUT2D eigenvalue weighted by Gasteiger charge is -2.48. The number of carbonyl (C=O) groups excluding carboxylic acids is 2. The quantitative estimate of drug-likeness (QED) is 0.599. The predicted molar refractivity (Wildman–Crippen MR) is 50.6 cm³/mol. The van der Waals surface area contributed by atoms with E-state index in [1.165, 1.54) is 7.11 Å². The van der Waals surface area contributed by atoms with Crippen LogP contribution in [0.3, 0.4) is 0 Å². The first-order chi connectivity index (χ1) is 6.65. The van der Waals surface area contributed by atoms with Gasteiger partial charge in [0, 0.05) is 12.8 Å². The molecule has 0 heterocycles. The van der Waals surface area contributed by atoms with Crippen LogP contribution < -0.4 is 0 Å². The molecule has 3 heteroatoms. The summed E-state index contributed by atoms with van der Waals surface area (Å²) in [6.07, 6.45) is 5.28. The summed E-state index contributed by atoms with van der Waals surface area (Å²) >= 11 is 0. The van der Waals surface area contributed by atoms with Gasteiger partial charge in [-0.3, -0.25) is 9.59 Å². The smallest absolute Gasteiger partial charge is 0.308 e. The highest BCUT2D eigenvalue weighted by Gasteiger charge is 2.48. The van der Waals surface area contributed by atoms with E-state index >= 15 is 0 Å². The van der Waals surface area contributed by atoms with Crippen molar-refractivity contribution in [1.29, 1.82) is 0 Å². The molecule has 0 aromatic carbocycles. The molecule has 0 aromatic heterocycles. The van der Waals surface area contributed by atoms with Crippen molar-refractivity contribution in [1.82, 2.24) is 0 Å². The molecule has 0 amide bonds. The summed E-state index contributed by atoms with van der Waals surface area (Å²) in [5.41, 5.74) is 0.312. The van der Waals surface area contributed by atoms with Crippen molar-refractivity contribution in [3.63, 3.8) is 0 Å². The molecule has 0 aromatic rings. The Labute approximate surface area is 83.8 Å². The highest BCUT2D eigenvalue weighted by Crippen LogP contribution is 2.54. The maximum atomic E-state index is 11.2. The molecule has 0 bridgehead atoms. The summed E-state index contributed by atoms with van der Waals surface area (Å²) in [4.78, 5) is 22.3. The van der Waals surface area contributed by atoms with Gasteiger partial charge in [-0.15, -0.1) is 0 Å². The van der Waals surface area contributed by atoms with Crippen LogP contribution in [0, 0.1) is 11.3 Å². The second kappa shape index (κ2) is 3.37. The van der Waals surface area contributed by atoms with Crippen molar-refractivity contribution >= 4 is 11.8 Å². The molecule has 1 spiro atoms. The van der Waals surface area contributed by atoms with E-state index in [0.29, 0.717) is 24.0 Å². The van der Waals surface area contributed by atoms with Crippen LogP contribution in [0.1, 0.15) is 38.5 Å². The molecule has 78 valence electrons. The summed E-state index contributed by atoms with van der Waals surface area (Å²) in [5.74, 6) is 0.415. The largest absolute Gasteiger partial charge is 0.469 e. The van der Waals surface area contributed by atoms with E-state index in [2.05, 4.69) is 0 Å². The third-order valence-electron chi connectivity index (χ3n) is 3.76. The summed E-state index contributed by atoms with van der Waals surface area (Å²) in [5, 5.41) is 0. The minimum absolute atomic E-state index is 0.0764. The molecule has 0 atom stereocenters. The number of hydrogen-bond donors (Lipinski definition) is 0. The zero-order chi connectivity index (χ0) is 10.2. The number of Topliss-reactive ketones (excluding diaryl/α,β-unsaturated/α-hetero) is 1. The number of ether oxygens (including phenoxy) is 1. The SMILES string of the molecule is COC(=O)C1CC2(CCC(=O)CC2)C1. The third kappa shape index (κ3) is 1.56. The number of rotatable bonds is 1. The fourth-order valence-corrected chi connectivity index (χ4v) is 2.79. The minimum atomic E-state index is -0.0764. The number of hydrogen-bond acceptors (Lipinski definition) is 3. The maximum Gasteiger partial charge on any atom is 0.308 e. The van der Waals surface area contributed by atoms with E-state index in [-0.39, 0.29) is 11.9 Å². The topological polar surface area (TPSA) is 43.4 Å². The standard InChI is InChI=1S/C11H16O3/c1-14-10(13)8-6-11(7-8)4-2-9(12)3-5-11/h8H,2-7H2,1H3. The van der Waals surface area contributed by atoms with Crippen molar-refractivity contribution in [3.8, 4) is 0 Å². The fourth-order valence-electron chi connectivity index (χ4n) is 2.79. The van der Waals surface area contributed by atoms with Gasteiger partial charge in [0.15, 0.2) is 0 Å². The first-order valence-electron chi connectivity index (χ1n) is 5.25. The maximum absolute atomic E-state index is 11.2. The van der Waals surface area contributed by atoms with Gasteiger partial charge in [0.05, 0.1) is 13.0 Å². The second-order valence-electron chi connectivity index (χ2n) is 4.67. The molecule has 0 aliphatic heterocycles. The molecule has 0 saturated heterocycles. The third-order valence-corrected chi connectivity index (χ3v) is 3.76. The van der Waals surface area contributed by atoms with Gasteiger partial charge in [0.2, 0.25) is 0 Å². The first-order valence-corrected chi connectivity index (χ1v) is 5.25. The zero-order valence-corrected chi connectivity index (χ0v) is 8.54. The lowest BCUT2D eigenvalue weighted by Crippen LogP contribution is -2.43. The molecule has 0 N–H and O–H groups in total. The Morgan fingerprint density at radius 1 is 1.36 bits per heavy atom. The zero-order valence-electron chi connectivity index (χ0n) is 8.54. The van der Waals surface area contributed by atoms with Gasteiger partial charge < -0.3 is 4.74 Å². The van der Waals surface area contributed by atoms with Gasteiger partial charge in [-0.05, 0) is 31.1 Å². The highest BCUT2D eigenvalue weighted by atomic mass is 16.5. The van der Waals surface area contributed by atoms with E-state index in [9.17, 15) is 9.59 Å². The van der Waals surface area contributed by atoms with Gasteiger partial charge >= 0.3 is 5.97 Å². The van der Waals surface area contributed by atoms with Crippen LogP contribution in [0.5, 0.6) is 0 Å². The molecular weight excluding hydrogens is 180 g/mol. The molecule has 2 aliphatic rings. The van der Waals surface area contributed by atoms with E-state index in [4.69, 9.17) is 4.74 Å². The monoisotopic (exact) mass is 196 g/mol. The van der Waals surface area contributed by atoms with Crippen LogP contribution in [0.15, 0.2) is 0 Å². The summed E-state index contributed by atoms with van der Waals surface area (Å²) in [7, 11) is 1.44. The Balaban J connectivity index is 1.86. The summed E-state index contributed by atoms with van der Waals surface area (Å²) in [6, 6.07) is 0. The van der Waals surface area contributed by atoms with Gasteiger partial charge in [0.25, 0.3) is 0 Å². The number of carbonyl (C=O) groups is 2. The highest BCUT2D eigenvalue weighted by molar-refractivity contribution is 5.80. The summed E-state index contributed by atoms with van der Waals surface area (Å²) < 4.78 is 4.70. The van der Waals surface area contributed by atoms with Crippen molar-refractivity contribution in [2.24, 2.45) is 11.3 Å². The van der Waals surface area contributed by atoms with Crippen molar-refractivity contribution < 1.29 is 14.3 Å². The van der Waals surface area contributed by atoms with E-state index < -0.39 is 0 Å². The van der Waals surface area contributed by atoms with E-state index in [1.54, 1.807) is 0 Å². The molecule has 2 aliphatic carbocycles. The number of ketones is 1. The lowest BCUT2D eigenvalue weighted by molar-refractivity contribution is -0.155. The molecule has 14 heavy (non-hydrogen) atoms. The molecular formula is C11H16O3. The Kier molecular flexibility index (Phi) is 2.33. The second-order valence-corrected chi connectivity index (χ2v) is 4.67. The first kappa shape index (κ1) is 9.69. The van der Waals surface area contributed by atoms with Crippen LogP contribution in [0.4, 0.5) is 0 Å².